The molecule has 27 heavy (non-hydrogen) atoms. The molecule has 0 unspecified atom stereocenters. The number of rotatable bonds is 7. The number of amides is 1. The van der Waals surface area contributed by atoms with Crippen LogP contribution < -0.4 is 10.1 Å². The minimum Gasteiger partial charge on any atom is -0.482 e. The molecule has 8 nitrogen and oxygen atoms in total. The van der Waals surface area contributed by atoms with Gasteiger partial charge in [-0.2, -0.15) is 8.75 Å². The topological polar surface area (TPSA) is 107 Å². The summed E-state index contributed by atoms with van der Waals surface area (Å²) in [6.07, 6.45) is 0. The summed E-state index contributed by atoms with van der Waals surface area (Å²) in [5.41, 5.74) is 2.23. The van der Waals surface area contributed by atoms with Crippen LogP contribution in [-0.4, -0.2) is 39.6 Å². The van der Waals surface area contributed by atoms with Crippen LogP contribution in [0.25, 0.3) is 11.0 Å². The van der Waals surface area contributed by atoms with Gasteiger partial charge in [-0.05, 0) is 31.2 Å². The lowest BCUT2D eigenvalue weighted by Crippen LogP contribution is -2.23. The molecule has 0 aliphatic heterocycles. The van der Waals surface area contributed by atoms with Crippen LogP contribution in [0.4, 0.5) is 5.69 Å². The second-order valence-corrected chi connectivity index (χ2v) is 6.05. The zero-order valence-electron chi connectivity index (χ0n) is 14.3. The van der Waals surface area contributed by atoms with Crippen molar-refractivity contribution in [3.8, 4) is 5.75 Å². The summed E-state index contributed by atoms with van der Waals surface area (Å²) >= 11 is 1.05. The van der Waals surface area contributed by atoms with Crippen molar-refractivity contribution in [1.82, 2.24) is 8.75 Å². The number of ether oxygens (including phenoxy) is 2. The molecule has 0 fully saturated rings. The Labute approximate surface area is 158 Å². The summed E-state index contributed by atoms with van der Waals surface area (Å²) in [5.74, 6) is -0.939. The molecule has 0 aliphatic rings. The fraction of sp³-hybridized carbons (Fsp3) is 0.167. The van der Waals surface area contributed by atoms with Crippen LogP contribution in [0, 0.1) is 0 Å². The Morgan fingerprint density at radius 1 is 1.07 bits per heavy atom. The maximum atomic E-state index is 12.0. The first-order valence-electron chi connectivity index (χ1n) is 7.93. The van der Waals surface area contributed by atoms with Crippen LogP contribution in [0.5, 0.6) is 5.75 Å². The Hall–Kier alpha value is -3.33. The van der Waals surface area contributed by atoms with E-state index in [9.17, 15) is 14.4 Å². The van der Waals surface area contributed by atoms with Crippen LogP contribution in [0.1, 0.15) is 17.3 Å². The highest BCUT2D eigenvalue weighted by atomic mass is 32.1. The van der Waals surface area contributed by atoms with Crippen molar-refractivity contribution in [2.24, 2.45) is 0 Å². The molecule has 0 atom stereocenters. The van der Waals surface area contributed by atoms with Crippen molar-refractivity contribution < 1.29 is 23.9 Å². The second kappa shape index (κ2) is 8.37. The number of nitrogens with zero attached hydrogens (tertiary/aromatic N) is 2. The molecule has 0 saturated carbocycles. The Balaban J connectivity index is 1.47. The number of aromatic nitrogens is 2. The van der Waals surface area contributed by atoms with E-state index in [1.807, 2.05) is 0 Å². The predicted octanol–water partition coefficient (Wildman–Crippen LogP) is 2.45. The number of anilines is 1. The fourth-order valence-electron chi connectivity index (χ4n) is 2.23. The number of hydrogen-bond donors (Lipinski definition) is 1. The third-order valence-corrected chi connectivity index (χ3v) is 4.06. The lowest BCUT2D eigenvalue weighted by atomic mass is 10.1. The van der Waals surface area contributed by atoms with Gasteiger partial charge < -0.3 is 14.8 Å². The lowest BCUT2D eigenvalue weighted by molar-refractivity contribution is -0.149. The molecule has 0 aliphatic carbocycles. The Kier molecular flexibility index (Phi) is 5.72. The third kappa shape index (κ3) is 4.85. The maximum Gasteiger partial charge on any atom is 0.344 e. The summed E-state index contributed by atoms with van der Waals surface area (Å²) in [6.45, 7) is 0.609. The highest BCUT2D eigenvalue weighted by Gasteiger charge is 2.12. The van der Waals surface area contributed by atoms with Gasteiger partial charge in [0.2, 0.25) is 0 Å². The average Bonchev–Trinajstić information content (AvgIpc) is 3.15. The monoisotopic (exact) mass is 385 g/mol. The number of Topliss-reactive ketones (excluding diaryl/α,β-unsaturated/α-hetero) is 1. The van der Waals surface area contributed by atoms with Crippen molar-refractivity contribution in [2.75, 3.05) is 18.5 Å². The summed E-state index contributed by atoms with van der Waals surface area (Å²) in [6, 6.07) is 11.7. The summed E-state index contributed by atoms with van der Waals surface area (Å²) in [4.78, 5) is 35.0. The maximum absolute atomic E-state index is 12.0. The van der Waals surface area contributed by atoms with Crippen LogP contribution in [0.3, 0.4) is 0 Å². The zero-order chi connectivity index (χ0) is 19.2. The number of carbonyl (C=O) groups excluding carboxylic acids is 3. The van der Waals surface area contributed by atoms with Gasteiger partial charge >= 0.3 is 5.97 Å². The van der Waals surface area contributed by atoms with E-state index in [1.54, 1.807) is 36.4 Å². The second-order valence-electron chi connectivity index (χ2n) is 5.52. The van der Waals surface area contributed by atoms with Gasteiger partial charge in [0, 0.05) is 5.56 Å². The van der Waals surface area contributed by atoms with E-state index in [1.165, 1.54) is 13.0 Å². The molecule has 0 bridgehead atoms. The number of esters is 1. The minimum absolute atomic E-state index is 0.106. The molecular formula is C18H15N3O5S. The first kappa shape index (κ1) is 18.5. The lowest BCUT2D eigenvalue weighted by Gasteiger charge is -2.08. The van der Waals surface area contributed by atoms with E-state index in [0.29, 0.717) is 28.0 Å². The molecule has 3 aromatic rings. The van der Waals surface area contributed by atoms with E-state index in [0.717, 1.165) is 11.7 Å². The van der Waals surface area contributed by atoms with E-state index in [4.69, 9.17) is 9.47 Å². The normalized spacial score (nSPS) is 10.4. The first-order valence-corrected chi connectivity index (χ1v) is 8.66. The van der Waals surface area contributed by atoms with E-state index >= 15 is 0 Å². The van der Waals surface area contributed by atoms with Gasteiger partial charge in [0.1, 0.15) is 16.8 Å². The molecule has 1 amide bonds. The standard InChI is InChI=1S/C18H15N3O5S/c1-11(22)12-4-2-5-13(8-12)25-10-17(24)26-9-16(23)19-14-6-3-7-15-18(14)21-27-20-15/h2-8H,9-10H2,1H3,(H,19,23). The van der Waals surface area contributed by atoms with Gasteiger partial charge in [0.25, 0.3) is 5.91 Å². The molecule has 2 aromatic carbocycles. The molecule has 1 N–H and O–H groups in total. The molecule has 0 saturated heterocycles. The van der Waals surface area contributed by atoms with Crippen molar-refractivity contribution in [2.45, 2.75) is 6.92 Å². The first-order chi connectivity index (χ1) is 13.0. The van der Waals surface area contributed by atoms with Gasteiger partial charge in [-0.3, -0.25) is 9.59 Å². The quantitative estimate of drug-likeness (QED) is 0.492. The van der Waals surface area contributed by atoms with Crippen LogP contribution in [0.15, 0.2) is 42.5 Å². The Morgan fingerprint density at radius 3 is 2.70 bits per heavy atom. The van der Waals surface area contributed by atoms with Crippen LogP contribution in [-0.2, 0) is 14.3 Å². The summed E-state index contributed by atoms with van der Waals surface area (Å²) < 4.78 is 18.4. The SMILES string of the molecule is CC(=O)c1cccc(OCC(=O)OCC(=O)Nc2cccc3nsnc23)c1. The van der Waals surface area contributed by atoms with Gasteiger partial charge in [0.15, 0.2) is 19.0 Å². The van der Waals surface area contributed by atoms with E-state index < -0.39 is 18.5 Å². The number of carbonyl (C=O) groups is 3. The molecule has 9 heteroatoms. The largest absolute Gasteiger partial charge is 0.482 e. The minimum atomic E-state index is -0.702. The van der Waals surface area contributed by atoms with Crippen LogP contribution in [0.2, 0.25) is 0 Å². The third-order valence-electron chi connectivity index (χ3n) is 3.52. The van der Waals surface area contributed by atoms with Crippen LogP contribution >= 0.6 is 11.7 Å². The van der Waals surface area contributed by atoms with Gasteiger partial charge in [-0.25, -0.2) is 4.79 Å². The predicted molar refractivity (Wildman–Crippen MR) is 98.9 cm³/mol. The smallest absolute Gasteiger partial charge is 0.344 e. The molecule has 3 rings (SSSR count). The highest BCUT2D eigenvalue weighted by Crippen LogP contribution is 2.21. The van der Waals surface area contributed by atoms with Crippen molar-refractivity contribution in [3.05, 3.63) is 48.0 Å². The fourth-order valence-corrected chi connectivity index (χ4v) is 2.78. The molecule has 138 valence electrons. The highest BCUT2D eigenvalue weighted by molar-refractivity contribution is 7.00. The molecule has 0 spiro atoms. The van der Waals surface area contributed by atoms with Crippen molar-refractivity contribution >= 4 is 46.1 Å². The van der Waals surface area contributed by atoms with Crippen molar-refractivity contribution in [1.29, 1.82) is 0 Å². The number of nitrogens with one attached hydrogen (secondary N) is 1. The van der Waals surface area contributed by atoms with Crippen molar-refractivity contribution in [3.63, 3.8) is 0 Å². The number of ketones is 1. The van der Waals surface area contributed by atoms with E-state index in [2.05, 4.69) is 14.1 Å². The summed E-state index contributed by atoms with van der Waals surface area (Å²) in [7, 11) is 0. The average molecular weight is 385 g/mol. The molecule has 1 heterocycles. The number of benzene rings is 2. The van der Waals surface area contributed by atoms with E-state index in [-0.39, 0.29) is 12.4 Å². The van der Waals surface area contributed by atoms with Gasteiger partial charge in [0.05, 0.1) is 17.4 Å². The summed E-state index contributed by atoms with van der Waals surface area (Å²) in [5, 5.41) is 2.63. The molecule has 1 aromatic heterocycles. The number of fused-ring (bicyclic) bond motifs is 1. The molecule has 0 radical (unpaired) electrons. The van der Waals surface area contributed by atoms with Gasteiger partial charge in [-0.15, -0.1) is 0 Å². The Morgan fingerprint density at radius 2 is 1.89 bits per heavy atom. The molecular weight excluding hydrogens is 370 g/mol. The Bertz CT molecular complexity index is 1000. The number of hydrogen-bond acceptors (Lipinski definition) is 8. The van der Waals surface area contributed by atoms with Gasteiger partial charge in [-0.1, -0.05) is 18.2 Å². The zero-order valence-corrected chi connectivity index (χ0v) is 15.1.